The second-order valence-corrected chi connectivity index (χ2v) is 21.3. The minimum atomic E-state index is -1.75. The summed E-state index contributed by atoms with van der Waals surface area (Å²) in [6, 6.07) is 0. The van der Waals surface area contributed by atoms with Gasteiger partial charge in [0.15, 0.2) is 0 Å². The molecule has 47 heavy (non-hydrogen) atoms. The van der Waals surface area contributed by atoms with Crippen molar-refractivity contribution in [1.29, 1.82) is 0 Å². The van der Waals surface area contributed by atoms with E-state index in [1.165, 1.54) is 72.5 Å². The van der Waals surface area contributed by atoms with Crippen molar-refractivity contribution >= 4 is 15.8 Å². The Kier molecular flexibility index (Phi) is 23.7. The molecular formula is C36H66N2O6P2Pd. The van der Waals surface area contributed by atoms with Crippen molar-refractivity contribution in [3.8, 4) is 0 Å². The standard InChI is InChI=1S/2C18H33P.2NO3.Pd/c2*1-4-10-16(11-5-1)19(17-12-6-2-7-13-17)18-14-8-3-9-15-18;2*2-1(3)4;/h2*16-18H,1-15H2;;;/q;;2*-1;+2. The zero-order chi connectivity index (χ0) is 33.0. The van der Waals surface area contributed by atoms with Gasteiger partial charge in [0, 0.05) is 0 Å². The van der Waals surface area contributed by atoms with Crippen LogP contribution in [0.15, 0.2) is 0 Å². The van der Waals surface area contributed by atoms with E-state index in [9.17, 15) is 0 Å². The van der Waals surface area contributed by atoms with Gasteiger partial charge < -0.3 is 30.6 Å². The molecule has 6 aliphatic carbocycles. The summed E-state index contributed by atoms with van der Waals surface area (Å²) in [6.07, 6.45) is 47.2. The average molecular weight is 791 g/mol. The Morgan fingerprint density at radius 2 is 0.404 bits per heavy atom. The van der Waals surface area contributed by atoms with Crippen LogP contribution in [0.5, 0.6) is 0 Å². The van der Waals surface area contributed by atoms with Gasteiger partial charge in [0.2, 0.25) is 0 Å². The third-order valence-corrected chi connectivity index (χ3v) is 20.1. The van der Waals surface area contributed by atoms with Gasteiger partial charge in [-0.05, 0) is 111 Å². The third-order valence-electron chi connectivity index (χ3n) is 12.0. The Balaban J connectivity index is 0.000000262. The molecule has 6 saturated carbocycles. The summed E-state index contributed by atoms with van der Waals surface area (Å²) in [5.74, 6) is 0. The van der Waals surface area contributed by atoms with Crippen molar-refractivity contribution in [2.24, 2.45) is 0 Å². The predicted octanol–water partition coefficient (Wildman–Crippen LogP) is 12.5. The molecule has 0 radical (unpaired) electrons. The smallest absolute Gasteiger partial charge is 0.356 e. The summed E-state index contributed by atoms with van der Waals surface area (Å²) in [7, 11) is 0.770. The second kappa shape index (κ2) is 25.8. The van der Waals surface area contributed by atoms with Gasteiger partial charge in [-0.2, -0.15) is 0 Å². The molecule has 0 aliphatic heterocycles. The van der Waals surface area contributed by atoms with Crippen LogP contribution in [0.25, 0.3) is 0 Å². The van der Waals surface area contributed by atoms with Gasteiger partial charge in [0.05, 0.1) is 10.2 Å². The van der Waals surface area contributed by atoms with E-state index in [2.05, 4.69) is 0 Å². The van der Waals surface area contributed by atoms with E-state index in [0.29, 0.717) is 15.8 Å². The van der Waals surface area contributed by atoms with Crippen molar-refractivity contribution in [3.05, 3.63) is 30.6 Å². The Morgan fingerprint density at radius 3 is 0.511 bits per heavy atom. The molecule has 0 aromatic heterocycles. The monoisotopic (exact) mass is 790 g/mol. The molecule has 0 aromatic rings. The van der Waals surface area contributed by atoms with Gasteiger partial charge in [-0.15, -0.1) is 0 Å². The first-order valence-corrected chi connectivity index (χ1v) is 22.6. The first-order chi connectivity index (χ1) is 22.4. The van der Waals surface area contributed by atoms with E-state index in [1.54, 1.807) is 154 Å². The van der Waals surface area contributed by atoms with Crippen LogP contribution in [0.3, 0.4) is 0 Å². The molecule has 276 valence electrons. The minimum absolute atomic E-state index is 0. The zero-order valence-corrected chi connectivity index (χ0v) is 32.6. The van der Waals surface area contributed by atoms with Crippen molar-refractivity contribution in [2.75, 3.05) is 0 Å². The maximum atomic E-state index is 8.25. The Bertz CT molecular complexity index is 650. The minimum Gasteiger partial charge on any atom is -0.356 e. The Labute approximate surface area is 302 Å². The Morgan fingerprint density at radius 1 is 0.298 bits per heavy atom. The maximum Gasteiger partial charge on any atom is 2.00 e. The summed E-state index contributed by atoms with van der Waals surface area (Å²) in [5, 5.41) is 29.5. The van der Waals surface area contributed by atoms with Crippen LogP contribution >= 0.6 is 15.8 Å². The summed E-state index contributed by atoms with van der Waals surface area (Å²) in [6.45, 7) is 0. The summed E-state index contributed by atoms with van der Waals surface area (Å²) < 4.78 is 0. The van der Waals surface area contributed by atoms with Crippen LogP contribution in [-0.2, 0) is 20.4 Å². The number of rotatable bonds is 6. The molecule has 6 fully saturated rings. The number of hydrogen-bond donors (Lipinski definition) is 0. The fraction of sp³-hybridized carbons (Fsp3) is 1.00. The van der Waals surface area contributed by atoms with Gasteiger partial charge in [-0.1, -0.05) is 131 Å². The molecule has 0 spiro atoms. The SMILES string of the molecule is C1CCC(P(C2CCCCC2)C2CCCCC2)CC1.C1CCC(P(C2CCCCC2)C2CCCCC2)CC1.O=[N+]([O-])[O-].O=[N+]([O-])[O-].[Pd+2]. The van der Waals surface area contributed by atoms with Gasteiger partial charge in [0.1, 0.15) is 0 Å². The quantitative estimate of drug-likeness (QED) is 0.114. The maximum absolute atomic E-state index is 8.25. The molecule has 0 amide bonds. The van der Waals surface area contributed by atoms with E-state index in [0.717, 1.165) is 0 Å². The average Bonchev–Trinajstić information content (AvgIpc) is 3.08. The zero-order valence-electron chi connectivity index (χ0n) is 29.2. The largest absolute Gasteiger partial charge is 2.00 e. The molecule has 11 heteroatoms. The number of hydrogen-bond acceptors (Lipinski definition) is 6. The second-order valence-electron chi connectivity index (χ2n) is 15.1. The van der Waals surface area contributed by atoms with Gasteiger partial charge >= 0.3 is 20.4 Å². The van der Waals surface area contributed by atoms with Gasteiger partial charge in [-0.3, -0.25) is 0 Å². The van der Waals surface area contributed by atoms with Crippen molar-refractivity contribution in [2.45, 2.75) is 227 Å². The van der Waals surface area contributed by atoms with E-state index >= 15 is 0 Å². The third kappa shape index (κ3) is 17.1. The molecule has 6 aliphatic rings. The molecule has 0 unspecified atom stereocenters. The predicted molar refractivity (Wildman–Crippen MR) is 196 cm³/mol. The molecular weight excluding hydrogens is 725 g/mol. The summed E-state index contributed by atoms with van der Waals surface area (Å²) in [5.41, 5.74) is 7.14. The van der Waals surface area contributed by atoms with Gasteiger partial charge in [0.25, 0.3) is 0 Å². The first-order valence-electron chi connectivity index (χ1n) is 19.5. The number of nitrogens with zero attached hydrogens (tertiary/aromatic N) is 2. The molecule has 0 aromatic carbocycles. The fourth-order valence-electron chi connectivity index (χ4n) is 10.1. The Hall–Kier alpha value is -0.0777. The summed E-state index contributed by atoms with van der Waals surface area (Å²) in [4.78, 5) is 16.5. The first kappa shape index (κ1) is 43.1. The molecule has 0 N–H and O–H groups in total. The molecule has 6 rings (SSSR count). The molecule has 0 atom stereocenters. The summed E-state index contributed by atoms with van der Waals surface area (Å²) >= 11 is 0. The van der Waals surface area contributed by atoms with E-state index in [1.807, 2.05) is 0 Å². The van der Waals surface area contributed by atoms with Crippen LogP contribution in [0, 0.1) is 30.6 Å². The van der Waals surface area contributed by atoms with Crippen LogP contribution in [0.1, 0.15) is 193 Å². The molecule has 0 heterocycles. The topological polar surface area (TPSA) is 132 Å². The van der Waals surface area contributed by atoms with Crippen LogP contribution < -0.4 is 0 Å². The van der Waals surface area contributed by atoms with E-state index in [-0.39, 0.29) is 20.4 Å². The fourth-order valence-corrected chi connectivity index (χ4v) is 19.4. The normalized spacial score (nSPS) is 24.4. The van der Waals surface area contributed by atoms with Crippen LogP contribution in [0.2, 0.25) is 0 Å². The van der Waals surface area contributed by atoms with Crippen molar-refractivity contribution in [1.82, 2.24) is 0 Å². The van der Waals surface area contributed by atoms with Gasteiger partial charge in [-0.25, -0.2) is 0 Å². The van der Waals surface area contributed by atoms with E-state index in [4.69, 9.17) is 30.6 Å². The molecule has 8 nitrogen and oxygen atoms in total. The van der Waals surface area contributed by atoms with E-state index < -0.39 is 10.2 Å². The van der Waals surface area contributed by atoms with Crippen molar-refractivity contribution in [3.63, 3.8) is 0 Å². The van der Waals surface area contributed by atoms with Crippen LogP contribution in [0.4, 0.5) is 0 Å². The molecule has 0 saturated heterocycles. The van der Waals surface area contributed by atoms with Crippen LogP contribution in [-0.4, -0.2) is 44.1 Å². The van der Waals surface area contributed by atoms with Crippen molar-refractivity contribution < 1.29 is 30.6 Å². The molecule has 0 bridgehead atoms.